The van der Waals surface area contributed by atoms with E-state index < -0.39 is 0 Å². The largest absolute Gasteiger partial charge is 0.493 e. The van der Waals surface area contributed by atoms with E-state index in [0.29, 0.717) is 0 Å². The Morgan fingerprint density at radius 3 is 2.64 bits per heavy atom. The molecule has 122 valence electrons. The topological polar surface area (TPSA) is 30.9 Å². The first-order chi connectivity index (χ1) is 10.6. The Bertz CT molecular complexity index is 497. The van der Waals surface area contributed by atoms with Crippen LogP contribution in [0.3, 0.4) is 0 Å². The fraction of sp³-hybridized carbons (Fsp3) is 0.667. The number of benzene rings is 1. The van der Waals surface area contributed by atoms with E-state index in [1.165, 1.54) is 13.0 Å². The zero-order valence-corrected chi connectivity index (χ0v) is 13.9. The van der Waals surface area contributed by atoms with Crippen molar-refractivity contribution in [3.05, 3.63) is 24.3 Å². The second kappa shape index (κ2) is 6.47. The highest BCUT2D eigenvalue weighted by Gasteiger charge is 2.34. The summed E-state index contributed by atoms with van der Waals surface area (Å²) in [4.78, 5) is 2.49. The molecule has 22 heavy (non-hydrogen) atoms. The van der Waals surface area contributed by atoms with Crippen LogP contribution in [-0.2, 0) is 4.74 Å². The Kier molecular flexibility index (Phi) is 4.59. The lowest BCUT2D eigenvalue weighted by molar-refractivity contribution is -0.0850. The van der Waals surface area contributed by atoms with Crippen molar-refractivity contribution in [2.45, 2.75) is 38.4 Å². The van der Waals surface area contributed by atoms with Gasteiger partial charge in [0.1, 0.15) is 6.10 Å². The zero-order valence-electron chi connectivity index (χ0n) is 13.9. The van der Waals surface area contributed by atoms with Crippen molar-refractivity contribution in [1.29, 1.82) is 0 Å². The predicted octanol–water partition coefficient (Wildman–Crippen LogP) is 2.96. The minimum Gasteiger partial charge on any atom is -0.493 e. The smallest absolute Gasteiger partial charge is 0.161 e. The Morgan fingerprint density at radius 1 is 1.23 bits per heavy atom. The highest BCUT2D eigenvalue weighted by atomic mass is 16.5. The Hall–Kier alpha value is -1.26. The van der Waals surface area contributed by atoms with Gasteiger partial charge in [0.05, 0.1) is 12.7 Å². The van der Waals surface area contributed by atoms with E-state index in [0.717, 1.165) is 43.5 Å². The van der Waals surface area contributed by atoms with E-state index in [2.05, 4.69) is 18.7 Å². The number of nitrogens with zero attached hydrogens (tertiary/aromatic N) is 1. The molecule has 0 aliphatic carbocycles. The van der Waals surface area contributed by atoms with Gasteiger partial charge in [0.25, 0.3) is 0 Å². The molecule has 0 bridgehead atoms. The maximum atomic E-state index is 6.04. The molecule has 0 spiro atoms. The molecule has 4 heteroatoms. The van der Waals surface area contributed by atoms with Crippen LogP contribution in [0.5, 0.6) is 11.5 Å². The molecule has 2 aliphatic heterocycles. The number of likely N-dealkylation sites (tertiary alicyclic amines) is 1. The van der Waals surface area contributed by atoms with Gasteiger partial charge in [-0.05, 0) is 44.7 Å². The average Bonchev–Trinajstić information content (AvgIpc) is 2.44. The van der Waals surface area contributed by atoms with Crippen LogP contribution < -0.4 is 9.47 Å². The summed E-state index contributed by atoms with van der Waals surface area (Å²) in [6.45, 7) is 8.47. The number of hydrogen-bond donors (Lipinski definition) is 0. The lowest BCUT2D eigenvalue weighted by Gasteiger charge is -2.43. The SMILES string of the molecule is COc1ccccc1OC1CN(CC2CCOC(C)(C)C2)C1. The highest BCUT2D eigenvalue weighted by Crippen LogP contribution is 2.32. The first-order valence-corrected chi connectivity index (χ1v) is 8.22. The molecule has 2 heterocycles. The Labute approximate surface area is 133 Å². The van der Waals surface area contributed by atoms with Crippen molar-refractivity contribution in [3.8, 4) is 11.5 Å². The van der Waals surface area contributed by atoms with Gasteiger partial charge in [-0.15, -0.1) is 0 Å². The van der Waals surface area contributed by atoms with Crippen molar-refractivity contribution in [2.24, 2.45) is 5.92 Å². The van der Waals surface area contributed by atoms with Crippen molar-refractivity contribution in [2.75, 3.05) is 33.4 Å². The van der Waals surface area contributed by atoms with Crippen LogP contribution in [0, 0.1) is 5.92 Å². The van der Waals surface area contributed by atoms with Crippen molar-refractivity contribution in [1.82, 2.24) is 4.90 Å². The second-order valence-electron chi connectivity index (χ2n) is 7.08. The molecule has 1 unspecified atom stereocenters. The fourth-order valence-electron chi connectivity index (χ4n) is 3.52. The highest BCUT2D eigenvalue weighted by molar-refractivity contribution is 5.39. The minimum absolute atomic E-state index is 0.0427. The van der Waals surface area contributed by atoms with Crippen LogP contribution in [0.4, 0.5) is 0 Å². The number of rotatable bonds is 5. The van der Waals surface area contributed by atoms with Crippen LogP contribution in [0.1, 0.15) is 26.7 Å². The zero-order chi connectivity index (χ0) is 15.6. The molecule has 0 N–H and O–H groups in total. The van der Waals surface area contributed by atoms with Crippen molar-refractivity contribution in [3.63, 3.8) is 0 Å². The molecule has 1 atom stereocenters. The molecular weight excluding hydrogens is 278 g/mol. The van der Waals surface area contributed by atoms with Gasteiger partial charge in [0.2, 0.25) is 0 Å². The standard InChI is InChI=1S/C18H27NO3/c1-18(2)10-14(8-9-21-18)11-19-12-15(13-19)22-17-7-5-4-6-16(17)20-3/h4-7,14-15H,8-13H2,1-3H3. The summed E-state index contributed by atoms with van der Waals surface area (Å²) in [6.07, 6.45) is 2.61. The van der Waals surface area contributed by atoms with E-state index in [9.17, 15) is 0 Å². The quantitative estimate of drug-likeness (QED) is 0.837. The van der Waals surface area contributed by atoms with Gasteiger partial charge in [-0.25, -0.2) is 0 Å². The van der Waals surface area contributed by atoms with E-state index >= 15 is 0 Å². The summed E-state index contributed by atoms with van der Waals surface area (Å²) in [7, 11) is 1.68. The normalized spacial score (nSPS) is 25.5. The molecule has 0 amide bonds. The molecule has 0 aromatic heterocycles. The van der Waals surface area contributed by atoms with Gasteiger partial charge in [-0.2, -0.15) is 0 Å². The summed E-state index contributed by atoms with van der Waals surface area (Å²) < 4.78 is 17.2. The maximum Gasteiger partial charge on any atom is 0.161 e. The molecule has 1 aromatic carbocycles. The van der Waals surface area contributed by atoms with E-state index in [-0.39, 0.29) is 11.7 Å². The third-order valence-electron chi connectivity index (χ3n) is 4.60. The summed E-state index contributed by atoms with van der Waals surface area (Å²) in [5.74, 6) is 2.41. The van der Waals surface area contributed by atoms with E-state index in [4.69, 9.17) is 14.2 Å². The van der Waals surface area contributed by atoms with Crippen LogP contribution in [0.25, 0.3) is 0 Å². The Balaban J connectivity index is 1.44. The number of methoxy groups -OCH3 is 1. The van der Waals surface area contributed by atoms with Crippen molar-refractivity contribution < 1.29 is 14.2 Å². The lowest BCUT2D eigenvalue weighted by atomic mass is 9.87. The minimum atomic E-state index is 0.0427. The fourth-order valence-corrected chi connectivity index (χ4v) is 3.52. The third kappa shape index (κ3) is 3.73. The molecule has 2 saturated heterocycles. The molecule has 2 fully saturated rings. The molecule has 0 radical (unpaired) electrons. The van der Waals surface area contributed by atoms with Crippen LogP contribution in [-0.4, -0.2) is 50.0 Å². The first kappa shape index (κ1) is 15.6. The average molecular weight is 305 g/mol. The Morgan fingerprint density at radius 2 is 1.95 bits per heavy atom. The number of hydrogen-bond acceptors (Lipinski definition) is 4. The lowest BCUT2D eigenvalue weighted by Crippen LogP contribution is -2.55. The molecule has 4 nitrogen and oxygen atoms in total. The summed E-state index contributed by atoms with van der Waals surface area (Å²) in [5, 5.41) is 0. The monoisotopic (exact) mass is 305 g/mol. The predicted molar refractivity (Wildman–Crippen MR) is 86.6 cm³/mol. The van der Waals surface area contributed by atoms with Gasteiger partial charge in [-0.3, -0.25) is 4.90 Å². The number of para-hydroxylation sites is 2. The molecule has 3 rings (SSSR count). The molecule has 2 aliphatic rings. The molecular formula is C18H27NO3. The van der Waals surface area contributed by atoms with E-state index in [1.54, 1.807) is 7.11 Å². The molecule has 1 aromatic rings. The van der Waals surface area contributed by atoms with Gasteiger partial charge in [0.15, 0.2) is 11.5 Å². The van der Waals surface area contributed by atoms with Gasteiger partial charge < -0.3 is 14.2 Å². The second-order valence-corrected chi connectivity index (χ2v) is 7.08. The van der Waals surface area contributed by atoms with Crippen LogP contribution in [0.2, 0.25) is 0 Å². The summed E-state index contributed by atoms with van der Waals surface area (Å²) in [6, 6.07) is 7.86. The number of ether oxygens (including phenoxy) is 3. The van der Waals surface area contributed by atoms with Gasteiger partial charge >= 0.3 is 0 Å². The van der Waals surface area contributed by atoms with E-state index in [1.807, 2.05) is 24.3 Å². The summed E-state index contributed by atoms with van der Waals surface area (Å²) in [5.41, 5.74) is 0.0427. The van der Waals surface area contributed by atoms with Crippen molar-refractivity contribution >= 4 is 0 Å². The van der Waals surface area contributed by atoms with Crippen LogP contribution >= 0.6 is 0 Å². The van der Waals surface area contributed by atoms with Gasteiger partial charge in [-0.1, -0.05) is 12.1 Å². The van der Waals surface area contributed by atoms with Gasteiger partial charge in [0, 0.05) is 26.2 Å². The third-order valence-corrected chi connectivity index (χ3v) is 4.60. The molecule has 0 saturated carbocycles. The maximum absolute atomic E-state index is 6.04. The van der Waals surface area contributed by atoms with Crippen LogP contribution in [0.15, 0.2) is 24.3 Å². The first-order valence-electron chi connectivity index (χ1n) is 8.22. The summed E-state index contributed by atoms with van der Waals surface area (Å²) >= 11 is 0.